The summed E-state index contributed by atoms with van der Waals surface area (Å²) in [4.78, 5) is 40.4. The smallest absolute Gasteiger partial charge is 0.325 e. The molecule has 3 atom stereocenters. The lowest BCUT2D eigenvalue weighted by Gasteiger charge is -2.32. The van der Waals surface area contributed by atoms with Crippen molar-refractivity contribution in [2.75, 3.05) is 6.54 Å². The lowest BCUT2D eigenvalue weighted by molar-refractivity contribution is -0.187. The fourth-order valence-electron chi connectivity index (χ4n) is 5.21. The first kappa shape index (κ1) is 28.2. The fraction of sp³-hybridized carbons (Fsp3) is 0.333. The molecule has 1 aliphatic carbocycles. The van der Waals surface area contributed by atoms with E-state index in [0.717, 1.165) is 25.1 Å². The number of fused-ring (bicyclic) bond motifs is 2. The predicted molar refractivity (Wildman–Crippen MR) is 131 cm³/mol. The molecule has 3 aromatic rings. The average Bonchev–Trinajstić information content (AvgIpc) is 3.52. The molecule has 2 aromatic carbocycles. The number of benzene rings is 2. The summed E-state index contributed by atoms with van der Waals surface area (Å²) in [6.45, 7) is -0.943. The minimum Gasteiger partial charge on any atom is -0.325 e. The van der Waals surface area contributed by atoms with Crippen LogP contribution < -0.4 is 5.32 Å². The van der Waals surface area contributed by atoms with Gasteiger partial charge in [-0.05, 0) is 47.9 Å². The number of hydrogen-bond donors (Lipinski definition) is 1. The van der Waals surface area contributed by atoms with Crippen molar-refractivity contribution in [2.24, 2.45) is 7.05 Å². The Labute approximate surface area is 229 Å². The molecule has 1 N–H and O–H groups in total. The molecule has 2 heterocycles. The Bertz CT molecular complexity index is 1540. The summed E-state index contributed by atoms with van der Waals surface area (Å²) in [6.07, 6.45) is -4.35. The summed E-state index contributed by atoms with van der Waals surface area (Å²) in [5, 5.41) is 6.31. The van der Waals surface area contributed by atoms with E-state index in [1.165, 1.54) is 35.3 Å². The van der Waals surface area contributed by atoms with Crippen molar-refractivity contribution >= 4 is 17.8 Å². The van der Waals surface area contributed by atoms with Crippen molar-refractivity contribution in [3.05, 3.63) is 77.1 Å². The van der Waals surface area contributed by atoms with E-state index in [0.29, 0.717) is 15.4 Å². The van der Waals surface area contributed by atoms with Crippen molar-refractivity contribution in [3.8, 4) is 11.1 Å². The highest BCUT2D eigenvalue weighted by Gasteiger charge is 2.59. The molecule has 41 heavy (non-hydrogen) atoms. The Morgan fingerprint density at radius 1 is 1.20 bits per heavy atom. The molecule has 2 aliphatic rings. The van der Waals surface area contributed by atoms with Crippen LogP contribution in [0.15, 0.2) is 48.8 Å². The van der Waals surface area contributed by atoms with Gasteiger partial charge in [0.2, 0.25) is 5.91 Å². The van der Waals surface area contributed by atoms with Crippen LogP contribution in [0.4, 0.5) is 31.1 Å². The van der Waals surface area contributed by atoms with E-state index in [1.54, 1.807) is 7.05 Å². The van der Waals surface area contributed by atoms with Crippen molar-refractivity contribution in [3.63, 3.8) is 0 Å². The molecule has 14 heteroatoms. The maximum absolute atomic E-state index is 15.3. The summed E-state index contributed by atoms with van der Waals surface area (Å²) in [5.41, 5.74) is -1.68. The number of aromatic nitrogens is 2. The van der Waals surface area contributed by atoms with E-state index >= 15 is 8.78 Å². The van der Waals surface area contributed by atoms with Gasteiger partial charge in [0.15, 0.2) is 0 Å². The lowest BCUT2D eigenvalue weighted by atomic mass is 9.90. The van der Waals surface area contributed by atoms with Gasteiger partial charge >= 0.3 is 12.2 Å². The number of carbonyl (C=O) groups is 3. The second kappa shape index (κ2) is 9.93. The number of carbonyl (C=O) groups excluding carboxylic acids is 3. The first-order valence-electron chi connectivity index (χ1n) is 12.4. The standard InChI is InChI=1S/C27H23F6N5O3/c1-14(27(31,32)33)37(11-15-3-5-17(28)6-4-15)23(39)13-38-24(40)26(35-25(38)41)9-22(30)19-7-18(21(29)8-20(19)26)16-10-34-36(2)12-16/h3-8,10,12,14,22H,9,11,13H2,1-2H3,(H,35,41)/t14-,22?,26?/m0/s1. The summed E-state index contributed by atoms with van der Waals surface area (Å²) < 4.78 is 86.1. The number of nitrogens with zero attached hydrogens (tertiary/aromatic N) is 4. The SMILES string of the molecule is C[C@H](N(Cc1ccc(F)cc1)C(=O)CN1C(=O)NC2(CC(F)c3cc(-c4cnn(C)c4)c(F)cc32)C1=O)C(F)(F)F. The molecule has 1 aromatic heterocycles. The van der Waals surface area contributed by atoms with Crippen LogP contribution >= 0.6 is 0 Å². The Morgan fingerprint density at radius 3 is 2.49 bits per heavy atom. The van der Waals surface area contributed by atoms with Gasteiger partial charge < -0.3 is 10.2 Å². The van der Waals surface area contributed by atoms with Crippen LogP contribution in [0, 0.1) is 11.6 Å². The number of urea groups is 1. The third-order valence-corrected chi connectivity index (χ3v) is 7.43. The maximum Gasteiger partial charge on any atom is 0.408 e. The first-order valence-corrected chi connectivity index (χ1v) is 12.4. The van der Waals surface area contributed by atoms with Gasteiger partial charge in [-0.25, -0.2) is 18.0 Å². The number of alkyl halides is 4. The molecule has 0 radical (unpaired) electrons. The van der Waals surface area contributed by atoms with E-state index in [9.17, 15) is 31.9 Å². The zero-order valence-electron chi connectivity index (χ0n) is 21.7. The molecule has 2 unspecified atom stereocenters. The second-order valence-electron chi connectivity index (χ2n) is 10.1. The highest BCUT2D eigenvalue weighted by molar-refractivity contribution is 6.10. The molecule has 216 valence electrons. The average molecular weight is 580 g/mol. The van der Waals surface area contributed by atoms with E-state index in [2.05, 4.69) is 10.4 Å². The third kappa shape index (κ3) is 4.91. The number of aryl methyl sites for hydroxylation is 1. The van der Waals surface area contributed by atoms with Crippen molar-refractivity contribution in [1.29, 1.82) is 0 Å². The molecule has 5 rings (SSSR count). The number of halogens is 6. The summed E-state index contributed by atoms with van der Waals surface area (Å²) >= 11 is 0. The van der Waals surface area contributed by atoms with Crippen molar-refractivity contribution < 1.29 is 40.7 Å². The Kier molecular flexibility index (Phi) is 6.82. The third-order valence-electron chi connectivity index (χ3n) is 7.43. The topological polar surface area (TPSA) is 87.5 Å². The van der Waals surface area contributed by atoms with Gasteiger partial charge in [-0.1, -0.05) is 12.1 Å². The van der Waals surface area contributed by atoms with E-state index in [-0.39, 0.29) is 22.3 Å². The normalized spacial score (nSPS) is 20.9. The number of rotatable bonds is 6. The van der Waals surface area contributed by atoms with Crippen LogP contribution in [-0.4, -0.2) is 56.2 Å². The molecule has 1 fully saturated rings. The van der Waals surface area contributed by atoms with Crippen LogP contribution in [0.2, 0.25) is 0 Å². The number of hydrogen-bond acceptors (Lipinski definition) is 4. The monoisotopic (exact) mass is 579 g/mol. The fourth-order valence-corrected chi connectivity index (χ4v) is 5.21. The lowest BCUT2D eigenvalue weighted by Crippen LogP contribution is -2.51. The quantitative estimate of drug-likeness (QED) is 0.344. The largest absolute Gasteiger partial charge is 0.408 e. The van der Waals surface area contributed by atoms with E-state index in [1.807, 2.05) is 0 Å². The van der Waals surface area contributed by atoms with Crippen LogP contribution in [0.3, 0.4) is 0 Å². The van der Waals surface area contributed by atoms with Crippen molar-refractivity contribution in [2.45, 2.75) is 43.8 Å². The summed E-state index contributed by atoms with van der Waals surface area (Å²) in [6, 6.07) is 3.14. The summed E-state index contributed by atoms with van der Waals surface area (Å²) in [7, 11) is 1.61. The number of imide groups is 1. The van der Waals surface area contributed by atoms with Gasteiger partial charge in [0.1, 0.15) is 35.9 Å². The van der Waals surface area contributed by atoms with Crippen LogP contribution in [0.5, 0.6) is 0 Å². The van der Waals surface area contributed by atoms with Gasteiger partial charge in [-0.15, -0.1) is 0 Å². The Hall–Kier alpha value is -4.36. The molecule has 4 amide bonds. The van der Waals surface area contributed by atoms with Crippen LogP contribution in [0.25, 0.3) is 11.1 Å². The van der Waals surface area contributed by atoms with E-state index < -0.39 is 72.9 Å². The number of nitrogens with one attached hydrogen (secondary N) is 1. The molecule has 0 saturated carbocycles. The van der Waals surface area contributed by atoms with Gasteiger partial charge in [-0.3, -0.25) is 19.2 Å². The molecule has 1 aliphatic heterocycles. The molecule has 1 saturated heterocycles. The number of amides is 4. The zero-order chi connectivity index (χ0) is 29.9. The maximum atomic E-state index is 15.3. The highest BCUT2D eigenvalue weighted by atomic mass is 19.4. The second-order valence-corrected chi connectivity index (χ2v) is 10.1. The van der Waals surface area contributed by atoms with Gasteiger partial charge in [0, 0.05) is 37.3 Å². The molecule has 8 nitrogen and oxygen atoms in total. The van der Waals surface area contributed by atoms with Crippen molar-refractivity contribution in [1.82, 2.24) is 24.9 Å². The predicted octanol–water partition coefficient (Wildman–Crippen LogP) is 4.51. The van der Waals surface area contributed by atoms with Gasteiger partial charge in [0.25, 0.3) is 5.91 Å². The van der Waals surface area contributed by atoms with Gasteiger partial charge in [0.05, 0.1) is 6.20 Å². The summed E-state index contributed by atoms with van der Waals surface area (Å²) in [5.74, 6) is -3.77. The Balaban J connectivity index is 1.44. The minimum atomic E-state index is -4.86. The Morgan fingerprint density at radius 2 is 1.88 bits per heavy atom. The molecule has 1 spiro atoms. The molecular formula is C27H23F6N5O3. The van der Waals surface area contributed by atoms with Crippen LogP contribution in [0.1, 0.15) is 36.2 Å². The van der Waals surface area contributed by atoms with Gasteiger partial charge in [-0.2, -0.15) is 18.3 Å². The van der Waals surface area contributed by atoms with Crippen LogP contribution in [-0.2, 0) is 28.7 Å². The minimum absolute atomic E-state index is 0.0259. The van der Waals surface area contributed by atoms with E-state index in [4.69, 9.17) is 0 Å². The molecule has 0 bridgehead atoms. The molecular weight excluding hydrogens is 556 g/mol. The zero-order valence-corrected chi connectivity index (χ0v) is 21.7. The first-order chi connectivity index (χ1) is 19.2. The highest BCUT2D eigenvalue weighted by Crippen LogP contribution is 2.50.